The number of benzene rings is 9. The van der Waals surface area contributed by atoms with Gasteiger partial charge in [-0.1, -0.05) is 164 Å². The van der Waals surface area contributed by atoms with E-state index in [-0.39, 0.29) is 0 Å². The predicted molar refractivity (Wildman–Crippen MR) is 231 cm³/mol. The normalized spacial score (nSPS) is 11.6. The van der Waals surface area contributed by atoms with Gasteiger partial charge in [-0.3, -0.25) is 0 Å². The van der Waals surface area contributed by atoms with Crippen LogP contribution in [0.15, 0.2) is 200 Å². The molecule has 0 aliphatic rings. The van der Waals surface area contributed by atoms with Crippen LogP contribution in [-0.2, 0) is 0 Å². The topological polar surface area (TPSA) is 30.7 Å². The first-order chi connectivity index (χ1) is 27.3. The molecule has 0 spiro atoms. The number of aromatic nitrogens is 3. The summed E-state index contributed by atoms with van der Waals surface area (Å²) in [6, 6.07) is 71.6. The lowest BCUT2D eigenvalue weighted by Gasteiger charge is -2.20. The van der Waals surface area contributed by atoms with Crippen LogP contribution in [0.1, 0.15) is 0 Å². The lowest BCUT2D eigenvalue weighted by molar-refractivity contribution is 1.18. The van der Waals surface area contributed by atoms with Crippen molar-refractivity contribution in [3.8, 4) is 50.7 Å². The number of nitrogens with zero attached hydrogens (tertiary/aromatic N) is 3. The van der Waals surface area contributed by atoms with Crippen molar-refractivity contribution < 1.29 is 0 Å². The minimum absolute atomic E-state index is 0.694. The van der Waals surface area contributed by atoms with E-state index in [1.54, 1.807) is 0 Å². The second-order valence-corrected chi connectivity index (χ2v) is 14.2. The molecule has 11 rings (SSSR count). The van der Waals surface area contributed by atoms with Crippen LogP contribution in [0.2, 0.25) is 0 Å². The highest BCUT2D eigenvalue weighted by molar-refractivity contribution is 6.19. The van der Waals surface area contributed by atoms with Crippen LogP contribution in [0.5, 0.6) is 0 Å². The molecule has 0 aliphatic heterocycles. The van der Waals surface area contributed by atoms with Gasteiger partial charge in [0.1, 0.15) is 0 Å². The number of fused-ring (bicyclic) bond motifs is 6. The van der Waals surface area contributed by atoms with Gasteiger partial charge in [-0.25, -0.2) is 9.97 Å². The molecule has 0 saturated heterocycles. The Bertz CT molecular complexity index is 3090. The Kier molecular flexibility index (Phi) is 7.17. The van der Waals surface area contributed by atoms with Gasteiger partial charge in [0.15, 0.2) is 5.82 Å². The van der Waals surface area contributed by atoms with Crippen molar-refractivity contribution in [2.24, 2.45) is 0 Å². The summed E-state index contributed by atoms with van der Waals surface area (Å²) in [6.45, 7) is 0. The maximum Gasteiger partial charge on any atom is 0.161 e. The van der Waals surface area contributed by atoms with E-state index in [0.717, 1.165) is 55.7 Å². The molecule has 0 atom stereocenters. The van der Waals surface area contributed by atoms with Gasteiger partial charge in [0.05, 0.1) is 28.1 Å². The Labute approximate surface area is 318 Å². The Balaban J connectivity index is 1.29. The van der Waals surface area contributed by atoms with Crippen molar-refractivity contribution in [3.63, 3.8) is 0 Å². The zero-order chi connectivity index (χ0) is 36.3. The van der Waals surface area contributed by atoms with E-state index in [2.05, 4.69) is 193 Å². The van der Waals surface area contributed by atoms with E-state index < -0.39 is 0 Å². The molecule has 3 heteroatoms. The minimum Gasteiger partial charge on any atom is -0.308 e. The Morgan fingerprint density at radius 3 is 1.24 bits per heavy atom. The highest BCUT2D eigenvalue weighted by Crippen LogP contribution is 2.45. The fourth-order valence-electron chi connectivity index (χ4n) is 8.33. The van der Waals surface area contributed by atoms with Crippen LogP contribution < -0.4 is 0 Å². The van der Waals surface area contributed by atoms with E-state index in [0.29, 0.717) is 5.82 Å². The molecule has 0 amide bonds. The van der Waals surface area contributed by atoms with Crippen molar-refractivity contribution >= 4 is 54.1 Å². The van der Waals surface area contributed by atoms with Crippen molar-refractivity contribution in [1.82, 2.24) is 14.5 Å². The van der Waals surface area contributed by atoms with E-state index in [1.807, 2.05) is 12.1 Å². The molecule has 256 valence electrons. The van der Waals surface area contributed by atoms with E-state index >= 15 is 0 Å². The fourth-order valence-corrected chi connectivity index (χ4v) is 8.33. The molecule has 0 aliphatic carbocycles. The van der Waals surface area contributed by atoms with Gasteiger partial charge in [0.25, 0.3) is 0 Å². The zero-order valence-corrected chi connectivity index (χ0v) is 29.9. The standard InChI is InChI=1S/C52H33N3/c1-4-16-34(17-5-1)43-32-46(52-53-47(35-18-6-2-7-19-35)33-48(54-52)36-20-8-3-9-21-36)41-26-14-15-27-42(41)51(43)55-49-30-39-24-12-10-22-37(39)28-44(49)45-29-38-23-11-13-25-40(38)31-50(45)55/h1-33H. The lowest BCUT2D eigenvalue weighted by Crippen LogP contribution is -2.02. The average Bonchev–Trinajstić information content (AvgIpc) is 3.56. The second kappa shape index (κ2) is 12.6. The van der Waals surface area contributed by atoms with Crippen LogP contribution in [0.4, 0.5) is 0 Å². The zero-order valence-electron chi connectivity index (χ0n) is 29.9. The molecule has 3 nitrogen and oxygen atoms in total. The summed E-state index contributed by atoms with van der Waals surface area (Å²) >= 11 is 0. The lowest BCUT2D eigenvalue weighted by atomic mass is 9.93. The second-order valence-electron chi connectivity index (χ2n) is 14.2. The predicted octanol–water partition coefficient (Wildman–Crippen LogP) is 13.7. The van der Waals surface area contributed by atoms with Gasteiger partial charge in [-0.05, 0) is 68.9 Å². The third-order valence-corrected chi connectivity index (χ3v) is 10.9. The van der Waals surface area contributed by atoms with Gasteiger partial charge < -0.3 is 4.57 Å². The maximum absolute atomic E-state index is 5.33. The SMILES string of the molecule is c1ccc(-c2cc(-c3ccccc3)nc(-c3cc(-c4ccccc4)c(-n4c5cc6ccccc6cc5c5cc6ccccc6cc54)c4ccccc34)n2)cc1. The third-order valence-electron chi connectivity index (χ3n) is 10.9. The smallest absolute Gasteiger partial charge is 0.161 e. The highest BCUT2D eigenvalue weighted by atomic mass is 15.0. The van der Waals surface area contributed by atoms with Crippen LogP contribution in [0, 0.1) is 0 Å². The van der Waals surface area contributed by atoms with E-state index in [1.165, 1.54) is 43.4 Å². The summed E-state index contributed by atoms with van der Waals surface area (Å²) in [5, 5.41) is 9.59. The van der Waals surface area contributed by atoms with Gasteiger partial charge in [-0.15, -0.1) is 0 Å². The van der Waals surface area contributed by atoms with Gasteiger partial charge >= 0.3 is 0 Å². The number of rotatable bonds is 5. The largest absolute Gasteiger partial charge is 0.308 e. The number of hydrogen-bond donors (Lipinski definition) is 0. The summed E-state index contributed by atoms with van der Waals surface area (Å²) in [6.07, 6.45) is 0. The number of hydrogen-bond acceptors (Lipinski definition) is 2. The van der Waals surface area contributed by atoms with Gasteiger partial charge in [-0.2, -0.15) is 0 Å². The molecule has 55 heavy (non-hydrogen) atoms. The summed E-state index contributed by atoms with van der Waals surface area (Å²) in [5.74, 6) is 0.694. The van der Waals surface area contributed by atoms with Crippen LogP contribution in [0.3, 0.4) is 0 Å². The molecular formula is C52H33N3. The Morgan fingerprint density at radius 1 is 0.309 bits per heavy atom. The first-order valence-electron chi connectivity index (χ1n) is 18.7. The molecule has 2 heterocycles. The minimum atomic E-state index is 0.694. The molecule has 9 aromatic carbocycles. The average molecular weight is 700 g/mol. The van der Waals surface area contributed by atoms with E-state index in [4.69, 9.17) is 9.97 Å². The highest BCUT2D eigenvalue weighted by Gasteiger charge is 2.23. The van der Waals surface area contributed by atoms with Crippen molar-refractivity contribution in [2.45, 2.75) is 0 Å². The quantitative estimate of drug-likeness (QED) is 0.179. The molecule has 11 aromatic rings. The van der Waals surface area contributed by atoms with Crippen molar-refractivity contribution in [2.75, 3.05) is 0 Å². The molecule has 2 aromatic heterocycles. The molecule has 0 bridgehead atoms. The molecular weight excluding hydrogens is 667 g/mol. The maximum atomic E-state index is 5.33. The molecule has 0 fully saturated rings. The summed E-state index contributed by atoms with van der Waals surface area (Å²) in [5.41, 5.74) is 10.6. The Hall–Kier alpha value is -7.36. The van der Waals surface area contributed by atoms with Crippen LogP contribution in [0.25, 0.3) is 105 Å². The summed E-state index contributed by atoms with van der Waals surface area (Å²) < 4.78 is 2.51. The third kappa shape index (κ3) is 5.20. The summed E-state index contributed by atoms with van der Waals surface area (Å²) in [7, 11) is 0. The van der Waals surface area contributed by atoms with Crippen molar-refractivity contribution in [3.05, 3.63) is 200 Å². The molecule has 0 saturated carbocycles. The first kappa shape index (κ1) is 31.2. The van der Waals surface area contributed by atoms with Crippen LogP contribution in [-0.4, -0.2) is 14.5 Å². The first-order valence-corrected chi connectivity index (χ1v) is 18.7. The van der Waals surface area contributed by atoms with E-state index in [9.17, 15) is 0 Å². The van der Waals surface area contributed by atoms with Gasteiger partial charge in [0, 0.05) is 38.4 Å². The van der Waals surface area contributed by atoms with Crippen LogP contribution >= 0.6 is 0 Å². The molecule has 0 radical (unpaired) electrons. The van der Waals surface area contributed by atoms with Gasteiger partial charge in [0.2, 0.25) is 0 Å². The summed E-state index contributed by atoms with van der Waals surface area (Å²) in [4.78, 5) is 10.7. The molecule has 0 unspecified atom stereocenters. The monoisotopic (exact) mass is 699 g/mol. The molecule has 0 N–H and O–H groups in total. The van der Waals surface area contributed by atoms with Crippen molar-refractivity contribution in [1.29, 1.82) is 0 Å². The fraction of sp³-hybridized carbons (Fsp3) is 0. The Morgan fingerprint density at radius 2 is 0.727 bits per heavy atom.